The van der Waals surface area contributed by atoms with Crippen LogP contribution in [0.4, 0.5) is 4.39 Å². The summed E-state index contributed by atoms with van der Waals surface area (Å²) in [4.78, 5) is 14.3. The monoisotopic (exact) mass is 346 g/mol. The van der Waals surface area contributed by atoms with Crippen LogP contribution < -0.4 is 5.32 Å². The van der Waals surface area contributed by atoms with Crippen molar-refractivity contribution >= 4 is 17.5 Å². The second-order valence-electron chi connectivity index (χ2n) is 6.13. The summed E-state index contributed by atoms with van der Waals surface area (Å²) in [7, 11) is 0. The molecule has 1 aliphatic rings. The van der Waals surface area contributed by atoms with E-state index in [0.29, 0.717) is 29.7 Å². The van der Waals surface area contributed by atoms with Crippen molar-refractivity contribution in [3.8, 4) is 0 Å². The average molecular weight is 347 g/mol. The van der Waals surface area contributed by atoms with Gasteiger partial charge in [0.15, 0.2) is 0 Å². The van der Waals surface area contributed by atoms with Gasteiger partial charge in [-0.1, -0.05) is 41.9 Å². The molecule has 0 heterocycles. The van der Waals surface area contributed by atoms with E-state index in [1.54, 1.807) is 18.2 Å². The Balaban J connectivity index is 1.55. The Kier molecular flexibility index (Phi) is 5.48. The largest absolute Gasteiger partial charge is 0.351 e. The lowest BCUT2D eigenvalue weighted by Crippen LogP contribution is -2.38. The van der Waals surface area contributed by atoms with Crippen molar-refractivity contribution in [2.75, 3.05) is 6.54 Å². The first-order valence-electron chi connectivity index (χ1n) is 8.10. The quantitative estimate of drug-likeness (QED) is 0.828. The molecule has 1 saturated carbocycles. The highest BCUT2D eigenvalue weighted by atomic mass is 35.5. The van der Waals surface area contributed by atoms with Crippen LogP contribution in [0.1, 0.15) is 24.0 Å². The minimum absolute atomic E-state index is 0.0572. The Bertz CT molecular complexity index is 718. The van der Waals surface area contributed by atoms with Crippen molar-refractivity contribution in [3.63, 3.8) is 0 Å². The molecule has 2 aromatic carbocycles. The number of amides is 1. The number of nitrogens with zero attached hydrogens (tertiary/aromatic N) is 1. The van der Waals surface area contributed by atoms with E-state index in [9.17, 15) is 9.18 Å². The summed E-state index contributed by atoms with van der Waals surface area (Å²) in [6.07, 6.45) is 2.13. The summed E-state index contributed by atoms with van der Waals surface area (Å²) < 4.78 is 13.8. The van der Waals surface area contributed by atoms with Gasteiger partial charge >= 0.3 is 0 Å². The van der Waals surface area contributed by atoms with E-state index in [1.165, 1.54) is 6.07 Å². The van der Waals surface area contributed by atoms with Gasteiger partial charge < -0.3 is 5.32 Å². The molecular weight excluding hydrogens is 327 g/mol. The van der Waals surface area contributed by atoms with E-state index in [1.807, 2.05) is 29.2 Å². The molecule has 0 spiro atoms. The van der Waals surface area contributed by atoms with Crippen LogP contribution in [0, 0.1) is 5.82 Å². The zero-order valence-electron chi connectivity index (χ0n) is 13.3. The summed E-state index contributed by atoms with van der Waals surface area (Å²) in [5, 5.41) is 3.56. The topological polar surface area (TPSA) is 32.3 Å². The summed E-state index contributed by atoms with van der Waals surface area (Å²) in [6, 6.07) is 14.5. The molecule has 5 heteroatoms. The van der Waals surface area contributed by atoms with Gasteiger partial charge in [-0.15, -0.1) is 0 Å². The highest BCUT2D eigenvalue weighted by Gasteiger charge is 2.30. The van der Waals surface area contributed by atoms with Gasteiger partial charge in [0.25, 0.3) is 0 Å². The fourth-order valence-electron chi connectivity index (χ4n) is 2.69. The van der Waals surface area contributed by atoms with Gasteiger partial charge in [0, 0.05) is 29.7 Å². The molecule has 1 amide bonds. The van der Waals surface area contributed by atoms with E-state index in [2.05, 4.69) is 5.32 Å². The predicted molar refractivity (Wildman–Crippen MR) is 93.1 cm³/mol. The third kappa shape index (κ3) is 4.79. The van der Waals surface area contributed by atoms with Crippen molar-refractivity contribution in [1.82, 2.24) is 10.2 Å². The molecule has 0 saturated heterocycles. The minimum atomic E-state index is -0.220. The summed E-state index contributed by atoms with van der Waals surface area (Å²) in [5.74, 6) is -0.277. The van der Waals surface area contributed by atoms with E-state index in [4.69, 9.17) is 11.6 Å². The number of benzene rings is 2. The lowest BCUT2D eigenvalue weighted by molar-refractivity contribution is -0.122. The van der Waals surface area contributed by atoms with E-state index in [-0.39, 0.29) is 18.3 Å². The standard InChI is InChI=1S/C19H20ClFN2O/c20-16-6-3-4-14(10-16)11-22-19(24)13-23(17-8-9-17)12-15-5-1-2-7-18(15)21/h1-7,10,17H,8-9,11-13H2,(H,22,24). The van der Waals surface area contributed by atoms with E-state index < -0.39 is 0 Å². The maximum atomic E-state index is 13.8. The Hall–Kier alpha value is -1.91. The number of hydrogen-bond acceptors (Lipinski definition) is 2. The first-order chi connectivity index (χ1) is 11.6. The Labute approximate surface area is 146 Å². The molecule has 24 heavy (non-hydrogen) atoms. The molecule has 2 aromatic rings. The van der Waals surface area contributed by atoms with Gasteiger partial charge in [-0.25, -0.2) is 4.39 Å². The molecule has 0 bridgehead atoms. The number of carbonyl (C=O) groups is 1. The number of nitrogens with one attached hydrogen (secondary N) is 1. The zero-order valence-corrected chi connectivity index (χ0v) is 14.1. The molecule has 1 aliphatic carbocycles. The van der Waals surface area contributed by atoms with Gasteiger partial charge in [0.05, 0.1) is 6.54 Å². The van der Waals surface area contributed by atoms with E-state index in [0.717, 1.165) is 18.4 Å². The zero-order chi connectivity index (χ0) is 16.9. The van der Waals surface area contributed by atoms with Crippen LogP contribution in [-0.2, 0) is 17.9 Å². The van der Waals surface area contributed by atoms with E-state index >= 15 is 0 Å². The minimum Gasteiger partial charge on any atom is -0.351 e. The fraction of sp³-hybridized carbons (Fsp3) is 0.316. The summed E-state index contributed by atoms with van der Waals surface area (Å²) in [6.45, 7) is 1.18. The van der Waals surface area contributed by atoms with Crippen molar-refractivity contribution in [2.45, 2.75) is 32.0 Å². The normalized spacial score (nSPS) is 14.0. The number of rotatable bonds is 7. The Morgan fingerprint density at radius 3 is 2.71 bits per heavy atom. The van der Waals surface area contributed by atoms with Gasteiger partial charge in [0.1, 0.15) is 5.82 Å². The van der Waals surface area contributed by atoms with Crippen LogP contribution >= 0.6 is 11.6 Å². The van der Waals surface area contributed by atoms with Crippen molar-refractivity contribution in [2.24, 2.45) is 0 Å². The first-order valence-corrected chi connectivity index (χ1v) is 8.48. The molecule has 0 aliphatic heterocycles. The molecular formula is C19H20ClFN2O. The highest BCUT2D eigenvalue weighted by molar-refractivity contribution is 6.30. The molecule has 3 rings (SSSR count). The molecule has 126 valence electrons. The number of halogens is 2. The molecule has 1 fully saturated rings. The third-order valence-electron chi connectivity index (χ3n) is 4.12. The van der Waals surface area contributed by atoms with Crippen molar-refractivity contribution in [1.29, 1.82) is 0 Å². The Morgan fingerprint density at radius 2 is 2.00 bits per heavy atom. The molecule has 0 atom stereocenters. The molecule has 1 N–H and O–H groups in total. The molecule has 0 unspecified atom stereocenters. The maximum Gasteiger partial charge on any atom is 0.234 e. The van der Waals surface area contributed by atoms with Crippen LogP contribution in [0.5, 0.6) is 0 Å². The SMILES string of the molecule is O=C(CN(Cc1ccccc1F)C1CC1)NCc1cccc(Cl)c1. The number of hydrogen-bond donors (Lipinski definition) is 1. The van der Waals surface area contributed by atoms with Crippen LogP contribution in [0.15, 0.2) is 48.5 Å². The molecule has 0 aromatic heterocycles. The first kappa shape index (κ1) is 16.9. The van der Waals surface area contributed by atoms with Gasteiger partial charge in [-0.05, 0) is 36.6 Å². The third-order valence-corrected chi connectivity index (χ3v) is 4.36. The molecule has 0 radical (unpaired) electrons. The summed E-state index contributed by atoms with van der Waals surface area (Å²) >= 11 is 5.94. The predicted octanol–water partition coefficient (Wildman–Crippen LogP) is 3.76. The van der Waals surface area contributed by atoms with Gasteiger partial charge in [-0.3, -0.25) is 9.69 Å². The maximum absolute atomic E-state index is 13.8. The summed E-state index contributed by atoms with van der Waals surface area (Å²) in [5.41, 5.74) is 1.59. The van der Waals surface area contributed by atoms with Crippen LogP contribution in [-0.4, -0.2) is 23.4 Å². The highest BCUT2D eigenvalue weighted by Crippen LogP contribution is 2.28. The van der Waals surface area contributed by atoms with Crippen LogP contribution in [0.3, 0.4) is 0 Å². The smallest absolute Gasteiger partial charge is 0.234 e. The van der Waals surface area contributed by atoms with Crippen molar-refractivity contribution in [3.05, 3.63) is 70.5 Å². The van der Waals surface area contributed by atoms with Gasteiger partial charge in [0.2, 0.25) is 5.91 Å². The van der Waals surface area contributed by atoms with Crippen molar-refractivity contribution < 1.29 is 9.18 Å². The second-order valence-corrected chi connectivity index (χ2v) is 6.57. The second kappa shape index (κ2) is 7.77. The van der Waals surface area contributed by atoms with Crippen LogP contribution in [0.2, 0.25) is 5.02 Å². The van der Waals surface area contributed by atoms with Crippen LogP contribution in [0.25, 0.3) is 0 Å². The number of carbonyl (C=O) groups excluding carboxylic acids is 1. The average Bonchev–Trinajstić information content (AvgIpc) is 3.39. The van der Waals surface area contributed by atoms with Gasteiger partial charge in [-0.2, -0.15) is 0 Å². The molecule has 3 nitrogen and oxygen atoms in total. The Morgan fingerprint density at radius 1 is 1.21 bits per heavy atom. The lowest BCUT2D eigenvalue weighted by Gasteiger charge is -2.21. The fourth-order valence-corrected chi connectivity index (χ4v) is 2.90. The lowest BCUT2D eigenvalue weighted by atomic mass is 10.2.